The Bertz CT molecular complexity index is 1780. The summed E-state index contributed by atoms with van der Waals surface area (Å²) in [7, 11) is 0. The number of benzene rings is 5. The zero-order valence-corrected chi connectivity index (χ0v) is 24.7. The van der Waals surface area contributed by atoms with Crippen molar-refractivity contribution < 1.29 is 14.4 Å². The lowest BCUT2D eigenvalue weighted by molar-refractivity contribution is -0.115. The Balaban J connectivity index is 1.23. The van der Waals surface area contributed by atoms with Gasteiger partial charge in [-0.2, -0.15) is 0 Å². The van der Waals surface area contributed by atoms with Crippen LogP contribution in [0.5, 0.6) is 0 Å². The zero-order chi connectivity index (χ0) is 30.2. The Morgan fingerprint density at radius 2 is 1.35 bits per heavy atom. The molecule has 0 spiro atoms. The van der Waals surface area contributed by atoms with Gasteiger partial charge in [-0.25, -0.2) is 0 Å². The molecule has 7 heteroatoms. The molecule has 3 amide bonds. The molecular weight excluding hydrogens is 554 g/mol. The summed E-state index contributed by atoms with van der Waals surface area (Å²) in [6.45, 7) is 3.84. The number of anilines is 2. The van der Waals surface area contributed by atoms with Crippen LogP contribution in [0.3, 0.4) is 0 Å². The van der Waals surface area contributed by atoms with E-state index < -0.39 is 5.91 Å². The van der Waals surface area contributed by atoms with Gasteiger partial charge in [0.2, 0.25) is 5.91 Å². The quantitative estimate of drug-likeness (QED) is 0.122. The van der Waals surface area contributed by atoms with Crippen LogP contribution < -0.4 is 16.0 Å². The minimum Gasteiger partial charge on any atom is -0.325 e. The van der Waals surface area contributed by atoms with Crippen LogP contribution >= 0.6 is 11.8 Å². The molecule has 5 aromatic rings. The van der Waals surface area contributed by atoms with Crippen LogP contribution in [0.25, 0.3) is 16.8 Å². The fourth-order valence-electron chi connectivity index (χ4n) is 4.36. The maximum Gasteiger partial charge on any atom is 0.272 e. The summed E-state index contributed by atoms with van der Waals surface area (Å²) < 4.78 is 0. The van der Waals surface area contributed by atoms with Gasteiger partial charge in [-0.05, 0) is 84.8 Å². The van der Waals surface area contributed by atoms with Gasteiger partial charge in [-0.3, -0.25) is 14.4 Å². The molecule has 0 aliphatic carbocycles. The smallest absolute Gasteiger partial charge is 0.272 e. The van der Waals surface area contributed by atoms with Crippen molar-refractivity contribution in [2.45, 2.75) is 24.0 Å². The molecule has 6 nitrogen and oxygen atoms in total. The average molecular weight is 586 g/mol. The van der Waals surface area contributed by atoms with Crippen molar-refractivity contribution >= 4 is 57.7 Å². The third kappa shape index (κ3) is 7.99. The molecule has 0 bridgehead atoms. The van der Waals surface area contributed by atoms with Gasteiger partial charge in [0.25, 0.3) is 11.8 Å². The van der Waals surface area contributed by atoms with Gasteiger partial charge in [0, 0.05) is 21.8 Å². The number of nitrogens with one attached hydrogen (secondary N) is 3. The molecule has 0 aromatic heterocycles. The SMILES string of the molecule is Cc1ccc(/C=C(\NC(=O)c2ccccc2)C(=O)Nc2ccc(SC(C)C(=O)Nc3ccc4ccccc4c3)cc2)cc1. The van der Waals surface area contributed by atoms with Crippen LogP contribution in [0.4, 0.5) is 11.4 Å². The van der Waals surface area contributed by atoms with Gasteiger partial charge in [-0.15, -0.1) is 11.8 Å². The second-order valence-corrected chi connectivity index (χ2v) is 11.5. The van der Waals surface area contributed by atoms with E-state index in [1.807, 2.05) is 98.8 Å². The number of hydrogen-bond acceptors (Lipinski definition) is 4. The number of fused-ring (bicyclic) bond motifs is 1. The molecule has 3 N–H and O–H groups in total. The van der Waals surface area contributed by atoms with Gasteiger partial charge in [-0.1, -0.05) is 78.4 Å². The minimum atomic E-state index is -0.451. The van der Waals surface area contributed by atoms with E-state index in [-0.39, 0.29) is 22.8 Å². The molecule has 0 saturated heterocycles. The normalized spacial score (nSPS) is 11.9. The topological polar surface area (TPSA) is 87.3 Å². The van der Waals surface area contributed by atoms with Crippen molar-refractivity contribution in [1.29, 1.82) is 0 Å². The highest BCUT2D eigenvalue weighted by atomic mass is 32.2. The lowest BCUT2D eigenvalue weighted by Gasteiger charge is -2.14. The molecule has 214 valence electrons. The standard InChI is InChI=1S/C36H31N3O3S/c1-24-12-14-26(15-13-24)22-33(39-35(41)28-9-4-3-5-10-28)36(42)37-30-18-20-32(21-19-30)43-25(2)34(40)38-31-17-16-27-8-6-7-11-29(27)23-31/h3-23,25H,1-2H3,(H,37,42)(H,38,40)(H,39,41)/b33-22-. The van der Waals surface area contributed by atoms with Gasteiger partial charge < -0.3 is 16.0 Å². The largest absolute Gasteiger partial charge is 0.325 e. The molecule has 0 heterocycles. The van der Waals surface area contributed by atoms with E-state index in [1.165, 1.54) is 11.8 Å². The van der Waals surface area contributed by atoms with E-state index in [4.69, 9.17) is 0 Å². The van der Waals surface area contributed by atoms with Crippen molar-refractivity contribution in [2.75, 3.05) is 10.6 Å². The number of carbonyl (C=O) groups excluding carboxylic acids is 3. The summed E-state index contributed by atoms with van der Waals surface area (Å²) in [5, 5.41) is 10.5. The number of carbonyl (C=O) groups is 3. The Labute approximate surface area is 255 Å². The molecule has 1 atom stereocenters. The maximum absolute atomic E-state index is 13.3. The Kier molecular flexibility index (Phi) is 9.34. The van der Waals surface area contributed by atoms with Crippen molar-refractivity contribution in [3.05, 3.63) is 144 Å². The van der Waals surface area contributed by atoms with Crippen molar-refractivity contribution in [3.8, 4) is 0 Å². The fraction of sp³-hybridized carbons (Fsp3) is 0.0833. The van der Waals surface area contributed by atoms with E-state index >= 15 is 0 Å². The van der Waals surface area contributed by atoms with E-state index in [9.17, 15) is 14.4 Å². The average Bonchev–Trinajstić information content (AvgIpc) is 3.03. The number of thioether (sulfide) groups is 1. The second kappa shape index (κ2) is 13.7. The summed E-state index contributed by atoms with van der Waals surface area (Å²) in [6.07, 6.45) is 1.65. The predicted molar refractivity (Wildman–Crippen MR) is 176 cm³/mol. The third-order valence-corrected chi connectivity index (χ3v) is 7.84. The lowest BCUT2D eigenvalue weighted by atomic mass is 10.1. The third-order valence-electron chi connectivity index (χ3n) is 6.73. The number of aryl methyl sites for hydroxylation is 1. The molecule has 0 aliphatic heterocycles. The molecule has 5 aromatic carbocycles. The Hall–Kier alpha value is -5.14. The predicted octanol–water partition coefficient (Wildman–Crippen LogP) is 7.68. The molecule has 0 radical (unpaired) electrons. The van der Waals surface area contributed by atoms with Crippen LogP contribution in [0, 0.1) is 6.92 Å². The molecule has 1 unspecified atom stereocenters. The van der Waals surface area contributed by atoms with Crippen molar-refractivity contribution in [1.82, 2.24) is 5.32 Å². The highest BCUT2D eigenvalue weighted by Gasteiger charge is 2.17. The minimum absolute atomic E-state index is 0.0993. The first-order valence-corrected chi connectivity index (χ1v) is 14.7. The van der Waals surface area contributed by atoms with E-state index in [0.29, 0.717) is 11.3 Å². The highest BCUT2D eigenvalue weighted by molar-refractivity contribution is 8.00. The van der Waals surface area contributed by atoms with E-state index in [0.717, 1.165) is 32.5 Å². The summed E-state index contributed by atoms with van der Waals surface area (Å²) in [6, 6.07) is 37.5. The van der Waals surface area contributed by atoms with Gasteiger partial charge in [0.05, 0.1) is 5.25 Å². The van der Waals surface area contributed by atoms with Gasteiger partial charge in [0.15, 0.2) is 0 Å². The first-order valence-electron chi connectivity index (χ1n) is 13.9. The van der Waals surface area contributed by atoms with Gasteiger partial charge in [0.1, 0.15) is 5.70 Å². The van der Waals surface area contributed by atoms with E-state index in [1.54, 1.807) is 42.5 Å². The molecule has 0 fully saturated rings. The Morgan fingerprint density at radius 1 is 0.698 bits per heavy atom. The van der Waals surface area contributed by atoms with Crippen LogP contribution in [0.2, 0.25) is 0 Å². The van der Waals surface area contributed by atoms with Crippen LogP contribution in [-0.4, -0.2) is 23.0 Å². The molecule has 0 aliphatic rings. The van der Waals surface area contributed by atoms with Crippen molar-refractivity contribution in [3.63, 3.8) is 0 Å². The molecule has 43 heavy (non-hydrogen) atoms. The number of hydrogen-bond donors (Lipinski definition) is 3. The maximum atomic E-state index is 13.3. The molecule has 0 saturated carbocycles. The summed E-state index contributed by atoms with van der Waals surface area (Å²) in [5.74, 6) is -0.928. The monoisotopic (exact) mass is 585 g/mol. The summed E-state index contributed by atoms with van der Waals surface area (Å²) in [5.41, 5.74) is 3.76. The first-order chi connectivity index (χ1) is 20.8. The number of rotatable bonds is 9. The molecule has 5 rings (SSSR count). The van der Waals surface area contributed by atoms with Crippen LogP contribution in [0.1, 0.15) is 28.4 Å². The highest BCUT2D eigenvalue weighted by Crippen LogP contribution is 2.27. The van der Waals surface area contributed by atoms with E-state index in [2.05, 4.69) is 16.0 Å². The van der Waals surface area contributed by atoms with Gasteiger partial charge >= 0.3 is 0 Å². The van der Waals surface area contributed by atoms with Crippen molar-refractivity contribution in [2.24, 2.45) is 0 Å². The zero-order valence-electron chi connectivity index (χ0n) is 23.8. The summed E-state index contributed by atoms with van der Waals surface area (Å²) >= 11 is 1.42. The first kappa shape index (κ1) is 29.4. The fourth-order valence-corrected chi connectivity index (χ4v) is 5.22. The lowest BCUT2D eigenvalue weighted by Crippen LogP contribution is -2.30. The Morgan fingerprint density at radius 3 is 2.07 bits per heavy atom. The summed E-state index contributed by atoms with van der Waals surface area (Å²) in [4.78, 5) is 39.9. The second-order valence-electron chi connectivity index (χ2n) is 10.1. The van der Waals surface area contributed by atoms with Crippen LogP contribution in [-0.2, 0) is 9.59 Å². The molecular formula is C36H31N3O3S. The van der Waals surface area contributed by atoms with Crippen LogP contribution in [0.15, 0.2) is 132 Å². The number of amides is 3.